The maximum atomic E-state index is 5.81. The van der Waals surface area contributed by atoms with Gasteiger partial charge < -0.3 is 10.5 Å². The van der Waals surface area contributed by atoms with Gasteiger partial charge in [-0.2, -0.15) is 0 Å². The molecule has 1 aromatic rings. The van der Waals surface area contributed by atoms with E-state index in [1.54, 1.807) is 0 Å². The predicted molar refractivity (Wildman–Crippen MR) is 64.3 cm³/mol. The average Bonchev–Trinajstić information content (AvgIpc) is 1.98. The van der Waals surface area contributed by atoms with Crippen LogP contribution in [0.3, 0.4) is 0 Å². The fourth-order valence-corrected chi connectivity index (χ4v) is 1.80. The molecule has 0 bridgehead atoms. The Morgan fingerprint density at radius 1 is 1.13 bits per heavy atom. The van der Waals surface area contributed by atoms with Crippen molar-refractivity contribution in [1.29, 1.82) is 0 Å². The summed E-state index contributed by atoms with van der Waals surface area (Å²) in [5, 5.41) is 0. The lowest BCUT2D eigenvalue weighted by Gasteiger charge is -2.17. The molecule has 0 spiro atoms. The maximum Gasteiger partial charge on any atom is 0.120 e. The van der Waals surface area contributed by atoms with E-state index >= 15 is 0 Å². The zero-order valence-electron chi connectivity index (χ0n) is 10.1. The SMILES string of the molecule is Cc1cc(C)cc(OC(C)CC(C)N)c1. The van der Waals surface area contributed by atoms with E-state index in [2.05, 4.69) is 39.0 Å². The van der Waals surface area contributed by atoms with Crippen LogP contribution in [0.5, 0.6) is 5.75 Å². The smallest absolute Gasteiger partial charge is 0.120 e. The molecule has 0 radical (unpaired) electrons. The molecule has 0 aromatic heterocycles. The number of ether oxygens (including phenoxy) is 1. The highest BCUT2D eigenvalue weighted by Crippen LogP contribution is 2.18. The van der Waals surface area contributed by atoms with Gasteiger partial charge in [-0.25, -0.2) is 0 Å². The van der Waals surface area contributed by atoms with Crippen LogP contribution in [0.1, 0.15) is 31.4 Å². The molecule has 2 atom stereocenters. The van der Waals surface area contributed by atoms with Crippen LogP contribution in [0.25, 0.3) is 0 Å². The number of hydrogen-bond donors (Lipinski definition) is 1. The number of rotatable bonds is 4. The average molecular weight is 207 g/mol. The molecule has 2 N–H and O–H groups in total. The first-order valence-electron chi connectivity index (χ1n) is 5.48. The lowest BCUT2D eigenvalue weighted by Crippen LogP contribution is -2.24. The quantitative estimate of drug-likeness (QED) is 0.824. The van der Waals surface area contributed by atoms with Gasteiger partial charge in [0.25, 0.3) is 0 Å². The van der Waals surface area contributed by atoms with Crippen LogP contribution >= 0.6 is 0 Å². The third-order valence-electron chi connectivity index (χ3n) is 2.24. The number of nitrogens with two attached hydrogens (primary N) is 1. The zero-order valence-corrected chi connectivity index (χ0v) is 10.1. The van der Waals surface area contributed by atoms with Gasteiger partial charge in [0.05, 0.1) is 6.10 Å². The lowest BCUT2D eigenvalue weighted by molar-refractivity contribution is 0.203. The van der Waals surface area contributed by atoms with Gasteiger partial charge >= 0.3 is 0 Å². The first kappa shape index (κ1) is 12.1. The third kappa shape index (κ3) is 4.34. The van der Waals surface area contributed by atoms with Gasteiger partial charge in [0.2, 0.25) is 0 Å². The molecule has 84 valence electrons. The second-order valence-electron chi connectivity index (χ2n) is 4.46. The Balaban J connectivity index is 2.63. The third-order valence-corrected chi connectivity index (χ3v) is 2.24. The molecule has 0 amide bonds. The summed E-state index contributed by atoms with van der Waals surface area (Å²) < 4.78 is 5.81. The Kier molecular flexibility index (Phi) is 4.15. The van der Waals surface area contributed by atoms with E-state index in [0.717, 1.165) is 12.2 Å². The molecule has 0 aliphatic carbocycles. The van der Waals surface area contributed by atoms with Crippen LogP contribution in [-0.2, 0) is 0 Å². The molecule has 0 fully saturated rings. The molecular weight excluding hydrogens is 186 g/mol. The minimum atomic E-state index is 0.172. The van der Waals surface area contributed by atoms with Gasteiger partial charge in [-0.15, -0.1) is 0 Å². The van der Waals surface area contributed by atoms with Crippen LogP contribution in [0, 0.1) is 13.8 Å². The summed E-state index contributed by atoms with van der Waals surface area (Å²) in [7, 11) is 0. The number of hydrogen-bond acceptors (Lipinski definition) is 2. The van der Waals surface area contributed by atoms with Crippen molar-refractivity contribution in [2.45, 2.75) is 46.3 Å². The van der Waals surface area contributed by atoms with Crippen molar-refractivity contribution in [2.24, 2.45) is 5.73 Å². The maximum absolute atomic E-state index is 5.81. The van der Waals surface area contributed by atoms with Gasteiger partial charge in [-0.05, 0) is 57.4 Å². The summed E-state index contributed by atoms with van der Waals surface area (Å²) >= 11 is 0. The molecular formula is C13H21NO. The van der Waals surface area contributed by atoms with Crippen LogP contribution < -0.4 is 10.5 Å². The van der Waals surface area contributed by atoms with E-state index in [-0.39, 0.29) is 12.1 Å². The fourth-order valence-electron chi connectivity index (χ4n) is 1.80. The Labute approximate surface area is 92.4 Å². The Morgan fingerprint density at radius 2 is 1.67 bits per heavy atom. The van der Waals surface area contributed by atoms with Crippen molar-refractivity contribution >= 4 is 0 Å². The van der Waals surface area contributed by atoms with Crippen molar-refractivity contribution in [2.75, 3.05) is 0 Å². The van der Waals surface area contributed by atoms with Crippen molar-refractivity contribution < 1.29 is 4.74 Å². The summed E-state index contributed by atoms with van der Waals surface area (Å²) in [6.45, 7) is 8.22. The first-order chi connectivity index (χ1) is 6.97. The van der Waals surface area contributed by atoms with E-state index in [1.807, 2.05) is 6.92 Å². The topological polar surface area (TPSA) is 35.2 Å². The Morgan fingerprint density at radius 3 is 2.13 bits per heavy atom. The van der Waals surface area contributed by atoms with E-state index in [1.165, 1.54) is 11.1 Å². The fraction of sp³-hybridized carbons (Fsp3) is 0.538. The minimum Gasteiger partial charge on any atom is -0.491 e. The summed E-state index contributed by atoms with van der Waals surface area (Å²) in [5.41, 5.74) is 8.20. The molecule has 2 nitrogen and oxygen atoms in total. The number of benzene rings is 1. The molecule has 0 saturated carbocycles. The Hall–Kier alpha value is -1.02. The van der Waals surface area contributed by atoms with Gasteiger partial charge in [-0.3, -0.25) is 0 Å². The van der Waals surface area contributed by atoms with E-state index in [0.29, 0.717) is 0 Å². The molecule has 0 aliphatic rings. The monoisotopic (exact) mass is 207 g/mol. The lowest BCUT2D eigenvalue weighted by atomic mass is 10.1. The zero-order chi connectivity index (χ0) is 11.4. The summed E-state index contributed by atoms with van der Waals surface area (Å²) in [5.74, 6) is 0.945. The summed E-state index contributed by atoms with van der Waals surface area (Å²) in [6.07, 6.45) is 1.05. The molecule has 15 heavy (non-hydrogen) atoms. The molecule has 0 saturated heterocycles. The summed E-state index contributed by atoms with van der Waals surface area (Å²) in [4.78, 5) is 0. The van der Waals surface area contributed by atoms with E-state index in [4.69, 9.17) is 10.5 Å². The highest BCUT2D eigenvalue weighted by atomic mass is 16.5. The van der Waals surface area contributed by atoms with Gasteiger partial charge in [-0.1, -0.05) is 6.07 Å². The largest absolute Gasteiger partial charge is 0.491 e. The van der Waals surface area contributed by atoms with Crippen molar-refractivity contribution in [3.05, 3.63) is 29.3 Å². The Bertz CT molecular complexity index is 300. The van der Waals surface area contributed by atoms with Crippen LogP contribution in [0.2, 0.25) is 0 Å². The van der Waals surface area contributed by atoms with Gasteiger partial charge in [0.1, 0.15) is 5.75 Å². The molecule has 2 heteroatoms. The second-order valence-corrected chi connectivity index (χ2v) is 4.46. The van der Waals surface area contributed by atoms with E-state index < -0.39 is 0 Å². The van der Waals surface area contributed by atoms with Crippen molar-refractivity contribution in [3.8, 4) is 5.75 Å². The standard InChI is InChI=1S/C13H21NO/c1-9-5-10(2)7-13(6-9)15-12(4)8-11(3)14/h5-7,11-12H,8,14H2,1-4H3. The van der Waals surface area contributed by atoms with E-state index in [9.17, 15) is 0 Å². The van der Waals surface area contributed by atoms with Crippen molar-refractivity contribution in [3.63, 3.8) is 0 Å². The number of aryl methyl sites for hydroxylation is 2. The summed E-state index contributed by atoms with van der Waals surface area (Å²) in [6, 6.07) is 6.45. The molecule has 2 unspecified atom stereocenters. The predicted octanol–water partition coefficient (Wildman–Crippen LogP) is 2.81. The first-order valence-corrected chi connectivity index (χ1v) is 5.48. The minimum absolute atomic E-state index is 0.172. The molecule has 1 rings (SSSR count). The van der Waals surface area contributed by atoms with Crippen molar-refractivity contribution in [1.82, 2.24) is 0 Å². The highest BCUT2D eigenvalue weighted by Gasteiger charge is 2.07. The van der Waals surface area contributed by atoms with Crippen LogP contribution in [-0.4, -0.2) is 12.1 Å². The normalized spacial score (nSPS) is 14.7. The molecule has 0 heterocycles. The van der Waals surface area contributed by atoms with Crippen LogP contribution in [0.4, 0.5) is 0 Å². The molecule has 0 aliphatic heterocycles. The van der Waals surface area contributed by atoms with Gasteiger partial charge in [0, 0.05) is 6.04 Å². The highest BCUT2D eigenvalue weighted by molar-refractivity contribution is 5.33. The van der Waals surface area contributed by atoms with Crippen LogP contribution in [0.15, 0.2) is 18.2 Å². The second kappa shape index (κ2) is 5.17. The van der Waals surface area contributed by atoms with Gasteiger partial charge in [0.15, 0.2) is 0 Å². The molecule has 1 aromatic carbocycles.